The molecule has 6 heterocycles. The van der Waals surface area contributed by atoms with Crippen LogP contribution in [-0.4, -0.2) is 391 Å². The monoisotopic (exact) mass is 1360 g/mol. The molecule has 0 radical (unpaired) electrons. The summed E-state index contributed by atoms with van der Waals surface area (Å²) in [4.78, 5) is 55.2. The Morgan fingerprint density at radius 3 is 1.24 bits per heavy atom. The Balaban J connectivity index is 1.14. The maximum absolute atomic E-state index is 12.8. The van der Waals surface area contributed by atoms with Gasteiger partial charge in [-0.25, -0.2) is 4.79 Å². The first-order chi connectivity index (χ1) is 43.1. The second-order valence-corrected chi connectivity index (χ2v) is 23.5. The number of amides is 3. The van der Waals surface area contributed by atoms with E-state index >= 15 is 0 Å². The molecule has 12 unspecified atom stereocenters. The van der Waals surface area contributed by atoms with Crippen molar-refractivity contribution < 1.29 is 187 Å². The van der Waals surface area contributed by atoms with Gasteiger partial charge < -0.3 is 184 Å². The number of nitrogens with one attached hydrogen (secondary N) is 3. The molecule has 0 aromatic carbocycles. The minimum Gasteiger partial charge on any atom is -0.447 e. The molecule has 22 N–H and O–H groups in total. The maximum Gasteiger partial charge on any atom is 0.407 e. The van der Waals surface area contributed by atoms with E-state index in [1.54, 1.807) is 0 Å². The summed E-state index contributed by atoms with van der Waals surface area (Å²) in [6.45, 7) is -5.02. The summed E-state index contributed by atoms with van der Waals surface area (Å²) in [7, 11) is -4.21. The predicted octanol–water partition coefficient (Wildman–Crippen LogP) is -13.9. The minimum absolute atomic E-state index is 0.0195. The SMILES string of the molecule is CC(=O)NC1[C@H](OCCNC(=O)OCCOCCOCCP(=O)(O)O)OC(CO)[C@@H](O[C@@H]2OC(CO)[C@@H](O[C@@H]3OC(CO)[C@@H](O)[C@H](O[C@H]4O[C@@H](CO)[C@@H](O)C(O)C4O[C@H]4O[C@@H](CO)[C@@H](O)C(O)C4O[C@H]4O[C@@H](CO)[C@@H](O)C(O)C4O)C3O)[C@H](O)C2NC(C)=O)[C@@H]1O. The van der Waals surface area contributed by atoms with E-state index in [0.717, 1.165) is 13.8 Å². The predicted molar refractivity (Wildman–Crippen MR) is 284 cm³/mol. The van der Waals surface area contributed by atoms with Gasteiger partial charge in [-0.2, -0.15) is 0 Å². The van der Waals surface area contributed by atoms with E-state index in [2.05, 4.69) is 16.0 Å². The van der Waals surface area contributed by atoms with Gasteiger partial charge in [0.15, 0.2) is 37.7 Å². The number of hydrogen-bond donors (Lipinski definition) is 22. The van der Waals surface area contributed by atoms with Crippen LogP contribution in [0.2, 0.25) is 0 Å². The third-order valence-electron chi connectivity index (χ3n) is 15.2. The van der Waals surface area contributed by atoms with Crippen molar-refractivity contribution in [3.05, 3.63) is 0 Å². The van der Waals surface area contributed by atoms with E-state index in [1.807, 2.05) is 0 Å². The van der Waals surface area contributed by atoms with Gasteiger partial charge in [0.05, 0.1) is 78.8 Å². The molecule has 42 heteroatoms. The van der Waals surface area contributed by atoms with Gasteiger partial charge in [-0.05, 0) is 0 Å². The molecule has 6 rings (SSSR count). The fourth-order valence-corrected chi connectivity index (χ4v) is 10.9. The molecular weight excluding hydrogens is 1270 g/mol. The molecule has 0 aromatic rings. The fourth-order valence-electron chi connectivity index (χ4n) is 10.5. The molecular formula is C49H86N3O38P. The lowest BCUT2D eigenvalue weighted by Gasteiger charge is -2.51. The van der Waals surface area contributed by atoms with Crippen molar-refractivity contribution >= 4 is 25.5 Å². The van der Waals surface area contributed by atoms with Crippen LogP contribution in [0.3, 0.4) is 0 Å². The van der Waals surface area contributed by atoms with Crippen molar-refractivity contribution in [1.29, 1.82) is 0 Å². The highest BCUT2D eigenvalue weighted by Gasteiger charge is 2.59. The van der Waals surface area contributed by atoms with Gasteiger partial charge in [-0.1, -0.05) is 0 Å². The van der Waals surface area contributed by atoms with Crippen LogP contribution >= 0.6 is 7.60 Å². The number of hydrogen-bond acceptors (Lipinski definition) is 36. The average Bonchev–Trinajstić information content (AvgIpc) is 0.836. The summed E-state index contributed by atoms with van der Waals surface area (Å²) in [6.07, 6.45) is -56.7. The molecule has 3 amide bonds. The summed E-state index contributed by atoms with van der Waals surface area (Å²) in [5, 5.41) is 192. The molecule has 6 aliphatic heterocycles. The van der Waals surface area contributed by atoms with E-state index in [1.165, 1.54) is 0 Å². The number of alkyl carbamates (subject to hydrolysis) is 1. The van der Waals surface area contributed by atoms with E-state index < -0.39 is 255 Å². The minimum atomic E-state index is -4.21. The molecule has 30 atom stereocenters. The summed E-state index contributed by atoms with van der Waals surface area (Å²) in [5.41, 5.74) is 0. The Kier molecular flexibility index (Phi) is 30.4. The van der Waals surface area contributed by atoms with Crippen LogP contribution in [0.5, 0.6) is 0 Å². The summed E-state index contributed by atoms with van der Waals surface area (Å²) in [5.74, 6) is -1.59. The van der Waals surface area contributed by atoms with E-state index in [-0.39, 0.29) is 46.2 Å². The standard InChI is InChI=1S/C49H86N3O38P/c1-17(59)51-25-31(65)38(23(15-57)84-43(25)78-4-3-50-49(72)79-8-7-76-5-6-77-9-10-91(73,74)75)86-44-26(52-18(2)60)32(66)39(24(16-58)85-44)87-46-37(71)40(30(64)22(14-56)81-46)88-47-42(35(69)29(63)20(12-54)82-47)90-48-41(34(68)28(62)21(13-55)83-48)89-45-36(70)33(67)27(61)19(11-53)80-45/h19-48,53-58,61-71H,3-16H2,1-2H3,(H,50,72)(H,51,59)(H,52,60)(H2,73,74,75)/t19-,20-,21-,22?,23?,24?,25?,26?,27+,28+,29+,30+,31+,32+,33?,34?,35?,36?,37?,38+,39+,40-,41?,42?,43+,44-,45+,46-,47+,48+/m0/s1. The van der Waals surface area contributed by atoms with Gasteiger partial charge in [0.1, 0.15) is 153 Å². The van der Waals surface area contributed by atoms with Crippen molar-refractivity contribution in [1.82, 2.24) is 16.0 Å². The van der Waals surface area contributed by atoms with Crippen LogP contribution in [0.25, 0.3) is 0 Å². The molecule has 6 fully saturated rings. The topological polar surface area (TPSA) is 627 Å². The molecule has 0 aromatic heterocycles. The Labute approximate surface area is 517 Å². The van der Waals surface area contributed by atoms with Gasteiger partial charge in [0.25, 0.3) is 0 Å². The van der Waals surface area contributed by atoms with E-state index in [4.69, 9.17) is 80.8 Å². The zero-order chi connectivity index (χ0) is 67.2. The number of carbonyl (C=O) groups is 3. The van der Waals surface area contributed by atoms with Crippen molar-refractivity contribution in [3.8, 4) is 0 Å². The molecule has 0 saturated carbocycles. The highest BCUT2D eigenvalue weighted by atomic mass is 31.2. The van der Waals surface area contributed by atoms with Gasteiger partial charge in [-0.15, -0.1) is 0 Å². The first kappa shape index (κ1) is 77.1. The van der Waals surface area contributed by atoms with Gasteiger partial charge in [0, 0.05) is 20.4 Å². The maximum atomic E-state index is 12.8. The van der Waals surface area contributed by atoms with Gasteiger partial charge >= 0.3 is 13.7 Å². The third-order valence-corrected chi connectivity index (χ3v) is 16.0. The molecule has 6 saturated heterocycles. The normalized spacial score (nSPS) is 42.3. The van der Waals surface area contributed by atoms with Crippen LogP contribution in [0.1, 0.15) is 13.8 Å². The fraction of sp³-hybridized carbons (Fsp3) is 0.939. The van der Waals surface area contributed by atoms with Crippen molar-refractivity contribution in [3.63, 3.8) is 0 Å². The Hall–Kier alpha value is -2.88. The zero-order valence-corrected chi connectivity index (χ0v) is 49.8. The number of ether oxygens (including phenoxy) is 15. The lowest BCUT2D eigenvalue weighted by Crippen LogP contribution is -2.70. The average molecular weight is 1360 g/mol. The first-order valence-electron chi connectivity index (χ1n) is 28.7. The van der Waals surface area contributed by atoms with Crippen molar-refractivity contribution in [2.45, 2.75) is 198 Å². The molecule has 6 aliphatic rings. The first-order valence-corrected chi connectivity index (χ1v) is 30.5. The summed E-state index contributed by atoms with van der Waals surface area (Å²) < 4.78 is 96.0. The second kappa shape index (κ2) is 35.9. The van der Waals surface area contributed by atoms with Crippen LogP contribution in [0.15, 0.2) is 0 Å². The second-order valence-electron chi connectivity index (χ2n) is 21.8. The molecule has 0 bridgehead atoms. The molecule has 0 spiro atoms. The van der Waals surface area contributed by atoms with E-state index in [9.17, 15) is 106 Å². The summed E-state index contributed by atoms with van der Waals surface area (Å²) >= 11 is 0. The van der Waals surface area contributed by atoms with Crippen LogP contribution in [-0.2, 0) is 85.2 Å². The zero-order valence-electron chi connectivity index (χ0n) is 48.9. The van der Waals surface area contributed by atoms with E-state index in [0.29, 0.717) is 0 Å². The number of aliphatic hydroxyl groups excluding tert-OH is 17. The molecule has 0 aliphatic carbocycles. The molecule has 91 heavy (non-hydrogen) atoms. The van der Waals surface area contributed by atoms with Crippen LogP contribution in [0, 0.1) is 0 Å². The molecule has 41 nitrogen and oxygen atoms in total. The Morgan fingerprint density at radius 1 is 0.385 bits per heavy atom. The van der Waals surface area contributed by atoms with Crippen LogP contribution in [0.4, 0.5) is 4.79 Å². The van der Waals surface area contributed by atoms with Crippen molar-refractivity contribution in [2.24, 2.45) is 0 Å². The quantitative estimate of drug-likeness (QED) is 0.0226. The van der Waals surface area contributed by atoms with Gasteiger partial charge in [0.2, 0.25) is 11.8 Å². The molecule has 530 valence electrons. The number of rotatable bonds is 31. The summed E-state index contributed by atoms with van der Waals surface area (Å²) in [6, 6.07) is -3.29. The third kappa shape index (κ3) is 20.1. The highest BCUT2D eigenvalue weighted by molar-refractivity contribution is 7.51. The lowest BCUT2D eigenvalue weighted by molar-refractivity contribution is -0.406. The van der Waals surface area contributed by atoms with Crippen molar-refractivity contribution in [2.75, 3.05) is 92.0 Å². The number of carbonyl (C=O) groups excluding carboxylic acids is 3. The Bertz CT molecular complexity index is 2260. The lowest BCUT2D eigenvalue weighted by atomic mass is 9.94. The smallest absolute Gasteiger partial charge is 0.407 e. The Morgan fingerprint density at radius 2 is 0.758 bits per heavy atom. The van der Waals surface area contributed by atoms with Gasteiger partial charge in [-0.3, -0.25) is 14.2 Å². The number of aliphatic hydroxyl groups is 17. The highest BCUT2D eigenvalue weighted by Crippen LogP contribution is 2.38. The van der Waals surface area contributed by atoms with Crippen LogP contribution < -0.4 is 16.0 Å². The largest absolute Gasteiger partial charge is 0.447 e.